The Morgan fingerprint density at radius 2 is 2.11 bits per heavy atom. The summed E-state index contributed by atoms with van der Waals surface area (Å²) in [7, 11) is 5.57. The third-order valence-corrected chi connectivity index (χ3v) is 3.41. The van der Waals surface area contributed by atoms with E-state index in [0.29, 0.717) is 6.04 Å². The Kier molecular flexibility index (Phi) is 4.44. The summed E-state index contributed by atoms with van der Waals surface area (Å²) in [4.78, 5) is 2.35. The second-order valence-electron chi connectivity index (χ2n) is 4.73. The van der Waals surface area contributed by atoms with Crippen LogP contribution in [-0.4, -0.2) is 45.8 Å². The Bertz CT molecular complexity index is 395. The number of rotatable bonds is 3. The number of methoxy groups -OCH3 is 2. The number of likely N-dealkylation sites (N-methyl/N-ethyl adjacent to an activating group) is 1. The van der Waals surface area contributed by atoms with Crippen LogP contribution in [0.3, 0.4) is 0 Å². The van der Waals surface area contributed by atoms with Gasteiger partial charge in [0.25, 0.3) is 0 Å². The van der Waals surface area contributed by atoms with Crippen molar-refractivity contribution in [2.75, 3.05) is 40.9 Å². The first-order valence-electron chi connectivity index (χ1n) is 6.38. The second-order valence-corrected chi connectivity index (χ2v) is 4.73. The van der Waals surface area contributed by atoms with Gasteiger partial charge in [-0.2, -0.15) is 0 Å². The van der Waals surface area contributed by atoms with Gasteiger partial charge in [0.2, 0.25) is 0 Å². The van der Waals surface area contributed by atoms with Crippen LogP contribution in [0.15, 0.2) is 18.2 Å². The number of nitrogens with zero attached hydrogens (tertiary/aromatic N) is 1. The summed E-state index contributed by atoms with van der Waals surface area (Å²) in [6, 6.07) is 6.27. The van der Waals surface area contributed by atoms with Gasteiger partial charge < -0.3 is 19.7 Å². The van der Waals surface area contributed by atoms with Crippen LogP contribution in [0.1, 0.15) is 18.0 Å². The van der Waals surface area contributed by atoms with Crippen LogP contribution < -0.4 is 14.8 Å². The molecule has 0 spiro atoms. The van der Waals surface area contributed by atoms with E-state index in [1.54, 1.807) is 14.2 Å². The van der Waals surface area contributed by atoms with E-state index in [0.717, 1.165) is 31.1 Å². The highest BCUT2D eigenvalue weighted by molar-refractivity contribution is 5.42. The van der Waals surface area contributed by atoms with Gasteiger partial charge in [0.15, 0.2) is 0 Å². The van der Waals surface area contributed by atoms with E-state index in [1.807, 2.05) is 12.1 Å². The molecule has 1 atom stereocenters. The average Bonchev–Trinajstić information content (AvgIpc) is 2.62. The largest absolute Gasteiger partial charge is 0.497 e. The molecular weight excluding hydrogens is 228 g/mol. The van der Waals surface area contributed by atoms with Crippen LogP contribution in [0.5, 0.6) is 11.5 Å². The molecule has 1 unspecified atom stereocenters. The lowest BCUT2D eigenvalue weighted by Crippen LogP contribution is -2.29. The predicted molar refractivity (Wildman–Crippen MR) is 72.4 cm³/mol. The van der Waals surface area contributed by atoms with Crippen molar-refractivity contribution < 1.29 is 9.47 Å². The van der Waals surface area contributed by atoms with Gasteiger partial charge in [-0.15, -0.1) is 0 Å². The Balaban J connectivity index is 2.28. The highest BCUT2D eigenvalue weighted by Crippen LogP contribution is 2.30. The van der Waals surface area contributed by atoms with Crippen LogP contribution in [0.25, 0.3) is 0 Å². The maximum absolute atomic E-state index is 5.46. The molecule has 0 aromatic heterocycles. The zero-order valence-electron chi connectivity index (χ0n) is 11.4. The molecule has 0 bridgehead atoms. The van der Waals surface area contributed by atoms with Gasteiger partial charge in [0.05, 0.1) is 14.2 Å². The molecule has 0 amide bonds. The van der Waals surface area contributed by atoms with E-state index in [4.69, 9.17) is 9.47 Å². The van der Waals surface area contributed by atoms with E-state index in [9.17, 15) is 0 Å². The molecule has 0 aliphatic carbocycles. The lowest BCUT2D eigenvalue weighted by atomic mass is 10.0. The van der Waals surface area contributed by atoms with Gasteiger partial charge in [-0.05, 0) is 44.8 Å². The summed E-state index contributed by atoms with van der Waals surface area (Å²) in [6.07, 6.45) is 1.18. The Hall–Kier alpha value is -1.26. The topological polar surface area (TPSA) is 33.7 Å². The first-order chi connectivity index (χ1) is 8.74. The Labute approximate surface area is 109 Å². The zero-order chi connectivity index (χ0) is 13.0. The van der Waals surface area contributed by atoms with Gasteiger partial charge >= 0.3 is 0 Å². The van der Waals surface area contributed by atoms with Gasteiger partial charge in [0, 0.05) is 18.2 Å². The van der Waals surface area contributed by atoms with E-state index in [1.165, 1.54) is 12.0 Å². The summed E-state index contributed by atoms with van der Waals surface area (Å²) in [5.41, 5.74) is 1.17. The van der Waals surface area contributed by atoms with Crippen molar-refractivity contribution in [1.29, 1.82) is 0 Å². The molecule has 4 nitrogen and oxygen atoms in total. The van der Waals surface area contributed by atoms with Crippen molar-refractivity contribution in [1.82, 2.24) is 10.2 Å². The van der Waals surface area contributed by atoms with Crippen LogP contribution >= 0.6 is 0 Å². The minimum atomic E-state index is 0.294. The number of nitrogens with one attached hydrogen (secondary N) is 1. The smallest absolute Gasteiger partial charge is 0.123 e. The van der Waals surface area contributed by atoms with Crippen LogP contribution in [0.4, 0.5) is 0 Å². The van der Waals surface area contributed by atoms with Gasteiger partial charge in [0.1, 0.15) is 11.5 Å². The predicted octanol–water partition coefficient (Wildman–Crippen LogP) is 1.67. The molecule has 4 heteroatoms. The molecule has 1 saturated heterocycles. The fourth-order valence-corrected chi connectivity index (χ4v) is 2.41. The van der Waals surface area contributed by atoms with Gasteiger partial charge in [-0.25, -0.2) is 0 Å². The lowest BCUT2D eigenvalue weighted by Gasteiger charge is -2.23. The fraction of sp³-hybridized carbons (Fsp3) is 0.571. The summed E-state index contributed by atoms with van der Waals surface area (Å²) in [5.74, 6) is 1.79. The summed E-state index contributed by atoms with van der Waals surface area (Å²) >= 11 is 0. The van der Waals surface area contributed by atoms with Crippen molar-refractivity contribution in [3.63, 3.8) is 0 Å². The third-order valence-electron chi connectivity index (χ3n) is 3.41. The lowest BCUT2D eigenvalue weighted by molar-refractivity contribution is 0.319. The van der Waals surface area contributed by atoms with Gasteiger partial charge in [-0.1, -0.05) is 0 Å². The third kappa shape index (κ3) is 2.94. The monoisotopic (exact) mass is 250 g/mol. The van der Waals surface area contributed by atoms with Crippen LogP contribution in [0.2, 0.25) is 0 Å². The molecule has 1 aromatic rings. The summed E-state index contributed by atoms with van der Waals surface area (Å²) in [6.45, 7) is 3.16. The van der Waals surface area contributed by atoms with Crippen molar-refractivity contribution >= 4 is 0 Å². The van der Waals surface area contributed by atoms with Crippen molar-refractivity contribution in [2.24, 2.45) is 0 Å². The maximum Gasteiger partial charge on any atom is 0.123 e. The van der Waals surface area contributed by atoms with Crippen LogP contribution in [-0.2, 0) is 0 Å². The zero-order valence-corrected chi connectivity index (χ0v) is 11.4. The van der Waals surface area contributed by atoms with Crippen molar-refractivity contribution in [3.8, 4) is 11.5 Å². The number of hydrogen-bond donors (Lipinski definition) is 1. The molecule has 0 saturated carbocycles. The molecule has 1 fully saturated rings. The molecule has 1 aliphatic heterocycles. The van der Waals surface area contributed by atoms with Crippen LogP contribution in [0, 0.1) is 0 Å². The molecule has 1 heterocycles. The maximum atomic E-state index is 5.46. The molecule has 0 radical (unpaired) electrons. The number of hydrogen-bond acceptors (Lipinski definition) is 4. The first-order valence-corrected chi connectivity index (χ1v) is 6.38. The molecule has 100 valence electrons. The quantitative estimate of drug-likeness (QED) is 0.885. The molecule has 1 aliphatic rings. The second kappa shape index (κ2) is 6.07. The highest BCUT2D eigenvalue weighted by Gasteiger charge is 2.20. The highest BCUT2D eigenvalue weighted by atomic mass is 16.5. The minimum absolute atomic E-state index is 0.294. The molecule has 18 heavy (non-hydrogen) atoms. The van der Waals surface area contributed by atoms with E-state index >= 15 is 0 Å². The first kappa shape index (κ1) is 13.2. The van der Waals surface area contributed by atoms with Gasteiger partial charge in [-0.3, -0.25) is 0 Å². The number of ether oxygens (including phenoxy) is 2. The fourth-order valence-electron chi connectivity index (χ4n) is 2.41. The van der Waals surface area contributed by atoms with E-state index in [2.05, 4.69) is 23.3 Å². The summed E-state index contributed by atoms with van der Waals surface area (Å²) in [5, 5.41) is 3.58. The van der Waals surface area contributed by atoms with E-state index < -0.39 is 0 Å². The normalized spacial score (nSPS) is 21.4. The van der Waals surface area contributed by atoms with Crippen molar-refractivity contribution in [2.45, 2.75) is 12.5 Å². The summed E-state index contributed by atoms with van der Waals surface area (Å²) < 4.78 is 10.8. The van der Waals surface area contributed by atoms with E-state index in [-0.39, 0.29) is 0 Å². The Morgan fingerprint density at radius 1 is 1.28 bits per heavy atom. The van der Waals surface area contributed by atoms with Crippen molar-refractivity contribution in [3.05, 3.63) is 23.8 Å². The average molecular weight is 250 g/mol. The number of benzene rings is 1. The molecular formula is C14H22N2O2. The Morgan fingerprint density at radius 3 is 2.83 bits per heavy atom. The SMILES string of the molecule is COc1ccc(OC)c(C2CN(C)CCCN2)c1. The standard InChI is InChI=1S/C14H22N2O2/c1-16-8-4-7-15-13(10-16)12-9-11(17-2)5-6-14(12)18-3/h5-6,9,13,15H,4,7-8,10H2,1-3H3. The molecule has 1 N–H and O–H groups in total. The molecule has 2 rings (SSSR count). The minimum Gasteiger partial charge on any atom is -0.497 e. The molecule has 1 aromatic carbocycles.